The van der Waals surface area contributed by atoms with Crippen molar-refractivity contribution >= 4 is 27.4 Å². The minimum atomic E-state index is -0.496. The van der Waals surface area contributed by atoms with E-state index < -0.39 is 4.92 Å². The highest BCUT2D eigenvalue weighted by Crippen LogP contribution is 2.27. The van der Waals surface area contributed by atoms with Crippen LogP contribution in [0.2, 0.25) is 0 Å². The van der Waals surface area contributed by atoms with Gasteiger partial charge in [0.05, 0.1) is 16.0 Å². The maximum Gasteiger partial charge on any atom is 0.288 e. The van der Waals surface area contributed by atoms with E-state index in [9.17, 15) is 10.1 Å². The molecule has 0 bridgehead atoms. The molecule has 0 atom stereocenters. The number of nitro groups is 1. The third kappa shape index (κ3) is 2.89. The topological polar surface area (TPSA) is 79.5 Å². The molecule has 0 aliphatic rings. The molecule has 7 heteroatoms. The van der Waals surface area contributed by atoms with Gasteiger partial charge >= 0.3 is 0 Å². The summed E-state index contributed by atoms with van der Waals surface area (Å²) < 4.78 is 0.553. The summed E-state index contributed by atoms with van der Waals surface area (Å²) in [6, 6.07) is 1.41. The number of rotatable bonds is 5. The molecule has 1 heterocycles. The van der Waals surface area contributed by atoms with Crippen molar-refractivity contribution in [3.8, 4) is 0 Å². The molecule has 0 radical (unpaired) electrons. The average molecular weight is 290 g/mol. The zero-order valence-electron chi connectivity index (χ0n) is 8.76. The van der Waals surface area contributed by atoms with Crippen molar-refractivity contribution in [2.45, 2.75) is 6.92 Å². The molecular formula is C9H12BrN3O3. The van der Waals surface area contributed by atoms with E-state index >= 15 is 0 Å². The standard InChI is InChI=1S/C9H12BrN3O3/c1-2-12(3-4-14)9-8(10)5-7(6-11-9)13(15)16/h5-6,14H,2-4H2,1H3. The fourth-order valence-electron chi connectivity index (χ4n) is 1.29. The van der Waals surface area contributed by atoms with Crippen LogP contribution in [0.3, 0.4) is 0 Å². The second-order valence-corrected chi connectivity index (χ2v) is 3.91. The number of pyridine rings is 1. The number of anilines is 1. The van der Waals surface area contributed by atoms with Crippen LogP contribution in [0.1, 0.15) is 6.92 Å². The number of hydrogen-bond acceptors (Lipinski definition) is 5. The zero-order valence-corrected chi connectivity index (χ0v) is 10.3. The molecule has 1 rings (SSSR count). The summed E-state index contributed by atoms with van der Waals surface area (Å²) in [7, 11) is 0. The van der Waals surface area contributed by atoms with E-state index in [2.05, 4.69) is 20.9 Å². The lowest BCUT2D eigenvalue weighted by molar-refractivity contribution is -0.385. The molecule has 0 aromatic carbocycles. The van der Waals surface area contributed by atoms with Crippen LogP contribution in [0.15, 0.2) is 16.7 Å². The molecule has 0 saturated heterocycles. The monoisotopic (exact) mass is 289 g/mol. The van der Waals surface area contributed by atoms with Crippen LogP contribution in [-0.4, -0.2) is 34.7 Å². The van der Waals surface area contributed by atoms with Gasteiger partial charge in [-0.1, -0.05) is 0 Å². The quantitative estimate of drug-likeness (QED) is 0.657. The predicted octanol–water partition coefficient (Wildman–Crippen LogP) is 1.57. The van der Waals surface area contributed by atoms with Crippen molar-refractivity contribution in [2.24, 2.45) is 0 Å². The van der Waals surface area contributed by atoms with Gasteiger partial charge < -0.3 is 10.0 Å². The van der Waals surface area contributed by atoms with E-state index in [1.807, 2.05) is 11.8 Å². The molecule has 0 fully saturated rings. The summed E-state index contributed by atoms with van der Waals surface area (Å²) in [4.78, 5) is 15.9. The lowest BCUT2D eigenvalue weighted by atomic mass is 10.3. The molecule has 0 aliphatic carbocycles. The summed E-state index contributed by atoms with van der Waals surface area (Å²) in [6.45, 7) is 3.05. The largest absolute Gasteiger partial charge is 0.395 e. The SMILES string of the molecule is CCN(CCO)c1ncc([N+](=O)[O-])cc1Br. The number of hydrogen-bond donors (Lipinski definition) is 1. The van der Waals surface area contributed by atoms with E-state index in [1.165, 1.54) is 12.3 Å². The van der Waals surface area contributed by atoms with Gasteiger partial charge in [0.1, 0.15) is 12.0 Å². The first kappa shape index (κ1) is 12.9. The highest BCUT2D eigenvalue weighted by molar-refractivity contribution is 9.10. The molecule has 1 aromatic heterocycles. The van der Waals surface area contributed by atoms with E-state index in [-0.39, 0.29) is 12.3 Å². The molecule has 0 spiro atoms. The normalized spacial score (nSPS) is 10.2. The van der Waals surface area contributed by atoms with Crippen LogP contribution >= 0.6 is 15.9 Å². The molecule has 1 aromatic rings. The van der Waals surface area contributed by atoms with Crippen LogP contribution in [0.5, 0.6) is 0 Å². The second-order valence-electron chi connectivity index (χ2n) is 3.06. The summed E-state index contributed by atoms with van der Waals surface area (Å²) >= 11 is 3.24. The van der Waals surface area contributed by atoms with Crippen molar-refractivity contribution in [1.29, 1.82) is 0 Å². The van der Waals surface area contributed by atoms with Crippen LogP contribution < -0.4 is 4.90 Å². The Balaban J connectivity index is 3.01. The Bertz CT molecular complexity index is 386. The Morgan fingerprint density at radius 3 is 2.81 bits per heavy atom. The molecule has 0 amide bonds. The van der Waals surface area contributed by atoms with Gasteiger partial charge in [-0.05, 0) is 22.9 Å². The van der Waals surface area contributed by atoms with Gasteiger partial charge in [-0.2, -0.15) is 0 Å². The molecule has 0 aliphatic heterocycles. The van der Waals surface area contributed by atoms with Crippen LogP contribution in [0.4, 0.5) is 11.5 Å². The van der Waals surface area contributed by atoms with Crippen molar-refractivity contribution in [3.63, 3.8) is 0 Å². The smallest absolute Gasteiger partial charge is 0.288 e. The first-order valence-electron chi connectivity index (χ1n) is 4.75. The van der Waals surface area contributed by atoms with E-state index in [1.54, 1.807) is 0 Å². The van der Waals surface area contributed by atoms with Crippen LogP contribution in [0, 0.1) is 10.1 Å². The third-order valence-electron chi connectivity index (χ3n) is 2.07. The van der Waals surface area contributed by atoms with Crippen molar-refractivity contribution < 1.29 is 10.0 Å². The number of halogens is 1. The summed E-state index contributed by atoms with van der Waals surface area (Å²) in [5.41, 5.74) is -0.0596. The first-order valence-corrected chi connectivity index (χ1v) is 5.55. The number of aliphatic hydroxyl groups excluding tert-OH is 1. The van der Waals surface area contributed by atoms with Gasteiger partial charge in [0.25, 0.3) is 5.69 Å². The lowest BCUT2D eigenvalue weighted by Crippen LogP contribution is -2.27. The molecule has 1 N–H and O–H groups in total. The van der Waals surface area contributed by atoms with Gasteiger partial charge in [-0.25, -0.2) is 4.98 Å². The molecule has 16 heavy (non-hydrogen) atoms. The third-order valence-corrected chi connectivity index (χ3v) is 2.65. The lowest BCUT2D eigenvalue weighted by Gasteiger charge is -2.21. The first-order chi connectivity index (χ1) is 7.60. The summed E-state index contributed by atoms with van der Waals surface area (Å²) in [5.74, 6) is 0.599. The number of aliphatic hydroxyl groups is 1. The van der Waals surface area contributed by atoms with Gasteiger partial charge in [0.15, 0.2) is 0 Å². The summed E-state index contributed by atoms with van der Waals surface area (Å²) in [6.07, 6.45) is 1.21. The fourth-order valence-corrected chi connectivity index (χ4v) is 1.88. The van der Waals surface area contributed by atoms with E-state index in [0.29, 0.717) is 23.4 Å². The van der Waals surface area contributed by atoms with Gasteiger partial charge in [-0.3, -0.25) is 10.1 Å². The van der Waals surface area contributed by atoms with Crippen LogP contribution in [0.25, 0.3) is 0 Å². The van der Waals surface area contributed by atoms with Crippen molar-refractivity contribution in [2.75, 3.05) is 24.6 Å². The second kappa shape index (κ2) is 5.76. The fraction of sp³-hybridized carbons (Fsp3) is 0.444. The van der Waals surface area contributed by atoms with Crippen molar-refractivity contribution in [1.82, 2.24) is 4.98 Å². The van der Waals surface area contributed by atoms with Crippen LogP contribution in [-0.2, 0) is 0 Å². The number of aromatic nitrogens is 1. The van der Waals surface area contributed by atoms with Gasteiger partial charge in [0, 0.05) is 19.2 Å². The molecule has 88 valence electrons. The Morgan fingerprint density at radius 1 is 1.69 bits per heavy atom. The minimum Gasteiger partial charge on any atom is -0.395 e. The van der Waals surface area contributed by atoms with E-state index in [4.69, 9.17) is 5.11 Å². The number of likely N-dealkylation sites (N-methyl/N-ethyl adjacent to an activating group) is 1. The Morgan fingerprint density at radius 2 is 2.38 bits per heavy atom. The molecule has 0 unspecified atom stereocenters. The highest BCUT2D eigenvalue weighted by atomic mass is 79.9. The molecule has 0 saturated carbocycles. The Labute approximate surface area is 101 Å². The Kier molecular flexibility index (Phi) is 4.63. The number of nitrogens with zero attached hydrogens (tertiary/aromatic N) is 3. The average Bonchev–Trinajstić information content (AvgIpc) is 2.26. The van der Waals surface area contributed by atoms with Gasteiger partial charge in [-0.15, -0.1) is 0 Å². The Hall–Kier alpha value is -1.21. The zero-order chi connectivity index (χ0) is 12.1. The highest BCUT2D eigenvalue weighted by Gasteiger charge is 2.14. The summed E-state index contributed by atoms with van der Waals surface area (Å²) in [5, 5.41) is 19.4. The molecule has 6 nitrogen and oxygen atoms in total. The van der Waals surface area contributed by atoms with E-state index in [0.717, 1.165) is 0 Å². The van der Waals surface area contributed by atoms with Gasteiger partial charge in [0.2, 0.25) is 0 Å². The maximum atomic E-state index is 10.5. The minimum absolute atomic E-state index is 0.0128. The maximum absolute atomic E-state index is 10.5. The molecular weight excluding hydrogens is 278 g/mol. The predicted molar refractivity (Wildman–Crippen MR) is 63.6 cm³/mol. The van der Waals surface area contributed by atoms with Crippen molar-refractivity contribution in [3.05, 3.63) is 26.9 Å².